The summed E-state index contributed by atoms with van der Waals surface area (Å²) in [6, 6.07) is 0. The highest BCUT2D eigenvalue weighted by molar-refractivity contribution is 5.32. The number of ether oxygens (including phenoxy) is 10. The third-order valence-electron chi connectivity index (χ3n) is 22.9. The maximum atomic E-state index is 12.9. The van der Waals surface area contributed by atoms with Crippen molar-refractivity contribution in [3.8, 4) is 0 Å². The molecular weight excluding hydrogens is 1180 g/mol. The molecule has 0 amide bonds. The van der Waals surface area contributed by atoms with Crippen molar-refractivity contribution in [1.82, 2.24) is 0 Å². The van der Waals surface area contributed by atoms with Gasteiger partial charge in [-0.15, -0.1) is 0 Å². The molecule has 29 heteroatoms. The van der Waals surface area contributed by atoms with E-state index in [1.165, 1.54) is 13.8 Å². The van der Waals surface area contributed by atoms with E-state index in [1.54, 1.807) is 0 Å². The van der Waals surface area contributed by atoms with Crippen LogP contribution < -0.4 is 0 Å². The number of hydrogen-bond donors (Lipinski definition) is 19. The number of fused-ring (bicyclic) bond motifs is 5. The molecule has 5 saturated heterocycles. The molecule has 0 aromatic rings. The van der Waals surface area contributed by atoms with Gasteiger partial charge in [0.25, 0.3) is 0 Å². The Balaban J connectivity index is 0.912. The Bertz CT molecular complexity index is 2340. The zero-order chi connectivity index (χ0) is 65.5. The van der Waals surface area contributed by atoms with Crippen molar-refractivity contribution in [2.24, 2.45) is 45.3 Å². The summed E-state index contributed by atoms with van der Waals surface area (Å²) in [7, 11) is 0. The molecule has 9 aliphatic rings. The molecule has 19 N–H and O–H groups in total. The molecule has 0 aromatic carbocycles. The van der Waals surface area contributed by atoms with E-state index in [4.69, 9.17) is 47.4 Å². The van der Waals surface area contributed by atoms with Crippen LogP contribution in [0.25, 0.3) is 0 Å². The van der Waals surface area contributed by atoms with Crippen LogP contribution in [0.1, 0.15) is 107 Å². The van der Waals surface area contributed by atoms with Crippen LogP contribution in [0.2, 0.25) is 0 Å². The Labute approximate surface area is 517 Å². The van der Waals surface area contributed by atoms with E-state index in [9.17, 15) is 97.0 Å². The number of aliphatic hydroxyl groups excluding tert-OH is 18. The minimum Gasteiger partial charge on any atom is -0.394 e. The molecule has 0 spiro atoms. The fourth-order valence-electron chi connectivity index (χ4n) is 17.1. The van der Waals surface area contributed by atoms with Crippen LogP contribution >= 0.6 is 0 Å². The van der Waals surface area contributed by atoms with Gasteiger partial charge < -0.3 is 144 Å². The molecule has 516 valence electrons. The lowest BCUT2D eigenvalue weighted by atomic mass is 9.38. The van der Waals surface area contributed by atoms with E-state index in [2.05, 4.69) is 33.8 Å². The third kappa shape index (κ3) is 13.0. The lowest BCUT2D eigenvalue weighted by molar-refractivity contribution is -0.379. The van der Waals surface area contributed by atoms with Crippen molar-refractivity contribution in [2.45, 2.75) is 284 Å². The summed E-state index contributed by atoms with van der Waals surface area (Å²) < 4.78 is 60.1. The molecule has 3 unspecified atom stereocenters. The zero-order valence-electron chi connectivity index (χ0n) is 51.8. The zero-order valence-corrected chi connectivity index (χ0v) is 51.8. The average molecular weight is 1290 g/mol. The molecule has 5 heterocycles. The number of hydrogen-bond acceptors (Lipinski definition) is 29. The second-order valence-corrected chi connectivity index (χ2v) is 28.7. The third-order valence-corrected chi connectivity index (χ3v) is 22.9. The first-order chi connectivity index (χ1) is 41.7. The molecule has 35 atom stereocenters. The van der Waals surface area contributed by atoms with Crippen LogP contribution in [-0.4, -0.2) is 308 Å². The molecule has 8 fully saturated rings. The van der Waals surface area contributed by atoms with Gasteiger partial charge in [-0.1, -0.05) is 53.2 Å². The van der Waals surface area contributed by atoms with Gasteiger partial charge in [-0.3, -0.25) is 0 Å². The van der Waals surface area contributed by atoms with Gasteiger partial charge in [-0.25, -0.2) is 0 Å². The minimum absolute atomic E-state index is 0.000150. The van der Waals surface area contributed by atoms with Crippen LogP contribution in [0.5, 0.6) is 0 Å². The summed E-state index contributed by atoms with van der Waals surface area (Å²) in [6.07, 6.45) is -38.0. The summed E-state index contributed by atoms with van der Waals surface area (Å²) in [4.78, 5) is 0. The lowest BCUT2D eigenvalue weighted by Crippen LogP contribution is -2.66. The molecule has 0 radical (unpaired) electrons. The molecule has 29 nitrogen and oxygen atoms in total. The molecule has 5 aliphatic heterocycles. The van der Waals surface area contributed by atoms with Crippen LogP contribution in [0, 0.1) is 45.3 Å². The number of aliphatic hydroxyl groups is 19. The molecule has 0 bridgehead atoms. The van der Waals surface area contributed by atoms with Crippen LogP contribution in [-0.2, 0) is 47.4 Å². The Morgan fingerprint density at radius 3 is 1.47 bits per heavy atom. The van der Waals surface area contributed by atoms with E-state index in [1.807, 2.05) is 13.8 Å². The van der Waals surface area contributed by atoms with Gasteiger partial charge in [0, 0.05) is 10.8 Å². The van der Waals surface area contributed by atoms with Gasteiger partial charge in [0.05, 0.1) is 56.9 Å². The van der Waals surface area contributed by atoms with E-state index in [0.717, 1.165) is 18.4 Å². The first-order valence-corrected chi connectivity index (χ1v) is 31.6. The topological polar surface area (TPSA) is 477 Å². The summed E-state index contributed by atoms with van der Waals surface area (Å²) in [6.45, 7) is 12.3. The van der Waals surface area contributed by atoms with Gasteiger partial charge in [0.2, 0.25) is 0 Å². The molecule has 9 rings (SSSR count). The average Bonchev–Trinajstić information content (AvgIpc) is 1.66. The molecule has 0 aromatic heterocycles. The second kappa shape index (κ2) is 27.6. The summed E-state index contributed by atoms with van der Waals surface area (Å²) in [5, 5.41) is 205. The van der Waals surface area contributed by atoms with Crippen molar-refractivity contribution in [3.63, 3.8) is 0 Å². The minimum atomic E-state index is -1.92. The fourth-order valence-corrected chi connectivity index (χ4v) is 17.1. The van der Waals surface area contributed by atoms with E-state index in [0.29, 0.717) is 32.1 Å². The van der Waals surface area contributed by atoms with Crippen molar-refractivity contribution >= 4 is 0 Å². The smallest absolute Gasteiger partial charge is 0.187 e. The predicted octanol–water partition coefficient (Wildman–Crippen LogP) is -5.41. The van der Waals surface area contributed by atoms with E-state index >= 15 is 0 Å². The second-order valence-electron chi connectivity index (χ2n) is 28.7. The first-order valence-electron chi connectivity index (χ1n) is 31.6. The maximum absolute atomic E-state index is 12.9. The van der Waals surface area contributed by atoms with Gasteiger partial charge in [0.15, 0.2) is 31.5 Å². The van der Waals surface area contributed by atoms with Crippen molar-refractivity contribution < 1.29 is 144 Å². The molecular formula is C60H102O29. The molecule has 3 saturated carbocycles. The first kappa shape index (κ1) is 71.9. The van der Waals surface area contributed by atoms with E-state index < -0.39 is 227 Å². The Morgan fingerprint density at radius 1 is 0.517 bits per heavy atom. The number of rotatable bonds is 20. The quantitative estimate of drug-likeness (QED) is 0.0506. The van der Waals surface area contributed by atoms with Crippen molar-refractivity contribution in [2.75, 3.05) is 33.0 Å². The highest BCUT2D eigenvalue weighted by atomic mass is 16.8. The van der Waals surface area contributed by atoms with Gasteiger partial charge in [-0.05, 0) is 99.7 Å². The van der Waals surface area contributed by atoms with Gasteiger partial charge >= 0.3 is 0 Å². The highest BCUT2D eigenvalue weighted by Gasteiger charge is 2.71. The standard InChI is InChI=1S/C60H102O29/c1-23(9-13-35(57(4,5)79)87-54-49(44(74)39(69)30(21-64)84-54)88-52-47(77)42(72)37(67)28(19-62)82-52)24-15-16-58(6)32-12-10-25-26(60(32,8)33(65)17-59(24,58)7)11-14-34(56(25,2)3)86-55-50(89-53-48(78)43(73)38(68)29(20-63)83-53)45(75)40(70)31(85-55)22-80-51-46(76)41(71)36(66)27(18-61)81-51/h10,23-24,26-55,61-79H,9,11-22H2,1-8H3/t23-,24?,26?,27-,28-,29-,30-,31-,32?,33-,34+,35-,36-,37-,38-,39-,40-,41+,42+,43+,44+,45+,46-,47-,48-,49-,50-,51-,52+,53+,54+,55+,58+,59-,60+/m1/s1. The SMILES string of the molecule is C[C@H](CC[C@@H](O[C@@H]1O[C@H](CO)[C@@H](O)[C@H](O)[C@H]1O[C@@H]1O[C@H](CO)[C@@H](O)[C@H](O)[C@H]1O)C(C)(C)O)C1CC[C@@]2(C)C3CC=C4C(CC[C@H](O[C@@H]5O[C@H](CO[C@@H]6O[C@H](CO)[C@@H](O)[C@H](O)[C@H]6O)[C@@H](O)[C@H](O)[C@H]5O[C@@H]5O[C@H](CO)[C@@H](O)[C@H](O)[C@H]5O)C4(C)C)[C@]3(C)[C@H](O)C[C@]12C. The lowest BCUT2D eigenvalue weighted by Gasteiger charge is -2.67. The molecule has 4 aliphatic carbocycles. The fraction of sp³-hybridized carbons (Fsp3) is 0.967. The van der Waals surface area contributed by atoms with Crippen LogP contribution in [0.4, 0.5) is 0 Å². The highest BCUT2D eigenvalue weighted by Crippen LogP contribution is 2.75. The van der Waals surface area contributed by atoms with Crippen molar-refractivity contribution in [3.05, 3.63) is 11.6 Å². The predicted molar refractivity (Wildman–Crippen MR) is 300 cm³/mol. The largest absolute Gasteiger partial charge is 0.394 e. The normalized spacial score (nSPS) is 51.8. The van der Waals surface area contributed by atoms with Crippen LogP contribution in [0.15, 0.2) is 11.6 Å². The Morgan fingerprint density at radius 2 is 0.966 bits per heavy atom. The Kier molecular flexibility index (Phi) is 22.3. The Hall–Kier alpha value is -1.42. The van der Waals surface area contributed by atoms with Gasteiger partial charge in [0.1, 0.15) is 122 Å². The van der Waals surface area contributed by atoms with Crippen molar-refractivity contribution in [1.29, 1.82) is 0 Å². The van der Waals surface area contributed by atoms with E-state index in [-0.39, 0.29) is 35.5 Å². The summed E-state index contributed by atoms with van der Waals surface area (Å²) >= 11 is 0. The van der Waals surface area contributed by atoms with Crippen LogP contribution in [0.3, 0.4) is 0 Å². The summed E-state index contributed by atoms with van der Waals surface area (Å²) in [5.41, 5.74) is -2.66. The maximum Gasteiger partial charge on any atom is 0.187 e. The summed E-state index contributed by atoms with van der Waals surface area (Å²) in [5.74, 6) is -0.0688. The molecule has 89 heavy (non-hydrogen) atoms. The monoisotopic (exact) mass is 1290 g/mol. The van der Waals surface area contributed by atoms with Gasteiger partial charge in [-0.2, -0.15) is 0 Å². The number of allylic oxidation sites excluding steroid dienone is 1.